The van der Waals surface area contributed by atoms with Crippen molar-refractivity contribution in [1.29, 1.82) is 0 Å². The second kappa shape index (κ2) is 8.55. The fourth-order valence-corrected chi connectivity index (χ4v) is 2.68. The lowest BCUT2D eigenvalue weighted by Gasteiger charge is -2.23. The highest BCUT2D eigenvalue weighted by Crippen LogP contribution is 2.17. The van der Waals surface area contributed by atoms with Crippen LogP contribution in [0, 0.1) is 0 Å². The molecule has 2 aromatic rings. The Morgan fingerprint density at radius 3 is 2.50 bits per heavy atom. The van der Waals surface area contributed by atoms with Crippen LogP contribution in [0.15, 0.2) is 47.6 Å². The van der Waals surface area contributed by atoms with Crippen LogP contribution in [0.5, 0.6) is 0 Å². The molecule has 5 nitrogen and oxygen atoms in total. The molecule has 0 saturated heterocycles. The second-order valence-corrected chi connectivity index (χ2v) is 6.14. The molecule has 1 aromatic carbocycles. The second-order valence-electron chi connectivity index (χ2n) is 5.73. The van der Waals surface area contributed by atoms with Gasteiger partial charge in [-0.1, -0.05) is 35.9 Å². The Hall–Kier alpha value is -2.27. The molecule has 0 saturated carbocycles. The summed E-state index contributed by atoms with van der Waals surface area (Å²) in [4.78, 5) is 12.8. The molecule has 1 heterocycles. The lowest BCUT2D eigenvalue weighted by atomic mass is 10.2. The van der Waals surface area contributed by atoms with Gasteiger partial charge in [-0.25, -0.2) is 4.98 Å². The largest absolute Gasteiger partial charge is 0.362 e. The number of aliphatic imine (C=N–C) groups is 1. The third kappa shape index (κ3) is 4.61. The maximum absolute atomic E-state index is 6.24. The van der Waals surface area contributed by atoms with Crippen LogP contribution in [-0.2, 0) is 13.1 Å². The van der Waals surface area contributed by atoms with E-state index >= 15 is 0 Å². The summed E-state index contributed by atoms with van der Waals surface area (Å²) in [6, 6.07) is 11.9. The summed E-state index contributed by atoms with van der Waals surface area (Å²) in [5.41, 5.74) is 2.19. The Bertz CT molecular complexity index is 699. The number of nitrogens with zero attached hydrogens (tertiary/aromatic N) is 4. The predicted octanol–water partition coefficient (Wildman–Crippen LogP) is 3.01. The summed E-state index contributed by atoms with van der Waals surface area (Å²) in [7, 11) is 7.75. The highest BCUT2D eigenvalue weighted by atomic mass is 35.5. The first kappa shape index (κ1) is 18.1. The average Bonchev–Trinajstić information content (AvgIpc) is 2.57. The van der Waals surface area contributed by atoms with Crippen molar-refractivity contribution >= 4 is 23.4 Å². The molecule has 0 unspecified atom stereocenters. The lowest BCUT2D eigenvalue weighted by molar-refractivity contribution is 0.476. The van der Waals surface area contributed by atoms with E-state index in [0.29, 0.717) is 13.1 Å². The van der Waals surface area contributed by atoms with E-state index in [0.717, 1.165) is 27.9 Å². The molecule has 0 aliphatic rings. The first-order valence-electron chi connectivity index (χ1n) is 7.79. The average molecular weight is 346 g/mol. The van der Waals surface area contributed by atoms with Crippen molar-refractivity contribution in [2.75, 3.05) is 33.1 Å². The van der Waals surface area contributed by atoms with Crippen molar-refractivity contribution in [3.8, 4) is 0 Å². The maximum atomic E-state index is 6.24. The van der Waals surface area contributed by atoms with Crippen molar-refractivity contribution in [1.82, 2.24) is 15.2 Å². The number of pyridine rings is 1. The van der Waals surface area contributed by atoms with E-state index in [1.165, 1.54) is 0 Å². The number of halogens is 1. The molecule has 2 rings (SSSR count). The molecule has 128 valence electrons. The van der Waals surface area contributed by atoms with Gasteiger partial charge >= 0.3 is 0 Å². The van der Waals surface area contributed by atoms with Crippen molar-refractivity contribution in [2.24, 2.45) is 4.99 Å². The topological polar surface area (TPSA) is 43.8 Å². The van der Waals surface area contributed by atoms with Gasteiger partial charge in [-0.05, 0) is 17.7 Å². The Balaban J connectivity index is 2.04. The SMILES string of the molecule is CN=C(NCc1cccnc1N(C)C)N(C)Cc1ccccc1Cl. The van der Waals surface area contributed by atoms with E-state index in [1.54, 1.807) is 13.2 Å². The van der Waals surface area contributed by atoms with E-state index in [4.69, 9.17) is 11.6 Å². The molecular formula is C18H24ClN5. The maximum Gasteiger partial charge on any atom is 0.193 e. The minimum atomic E-state index is 0.654. The molecule has 24 heavy (non-hydrogen) atoms. The van der Waals surface area contributed by atoms with Gasteiger partial charge in [0, 0.05) is 58.1 Å². The minimum absolute atomic E-state index is 0.654. The molecule has 1 N–H and O–H groups in total. The van der Waals surface area contributed by atoms with Gasteiger partial charge in [-0.15, -0.1) is 0 Å². The molecule has 1 aromatic heterocycles. The molecule has 0 aliphatic heterocycles. The van der Waals surface area contributed by atoms with Crippen LogP contribution in [0.1, 0.15) is 11.1 Å². The van der Waals surface area contributed by atoms with Crippen molar-refractivity contribution < 1.29 is 0 Å². The molecule has 0 fully saturated rings. The summed E-state index contributed by atoms with van der Waals surface area (Å²) >= 11 is 6.24. The van der Waals surface area contributed by atoms with Crippen molar-refractivity contribution in [3.05, 3.63) is 58.7 Å². The van der Waals surface area contributed by atoms with Gasteiger partial charge in [0.2, 0.25) is 0 Å². The first-order chi connectivity index (χ1) is 11.5. The van der Waals surface area contributed by atoms with Gasteiger partial charge < -0.3 is 15.1 Å². The van der Waals surface area contributed by atoms with Gasteiger partial charge in [0.15, 0.2) is 5.96 Å². The highest BCUT2D eigenvalue weighted by molar-refractivity contribution is 6.31. The van der Waals surface area contributed by atoms with Gasteiger partial charge in [-0.2, -0.15) is 0 Å². The third-order valence-electron chi connectivity index (χ3n) is 3.67. The van der Waals surface area contributed by atoms with Gasteiger partial charge in [0.25, 0.3) is 0 Å². The summed E-state index contributed by atoms with van der Waals surface area (Å²) in [6.07, 6.45) is 1.80. The van der Waals surface area contributed by atoms with Crippen molar-refractivity contribution in [3.63, 3.8) is 0 Å². The number of hydrogen-bond donors (Lipinski definition) is 1. The van der Waals surface area contributed by atoms with Gasteiger partial charge in [-0.3, -0.25) is 4.99 Å². The van der Waals surface area contributed by atoms with Crippen LogP contribution in [0.25, 0.3) is 0 Å². The Morgan fingerprint density at radius 1 is 1.12 bits per heavy atom. The van der Waals surface area contributed by atoms with Crippen LogP contribution in [0.2, 0.25) is 5.02 Å². The van der Waals surface area contributed by atoms with Crippen LogP contribution >= 0.6 is 11.6 Å². The van der Waals surface area contributed by atoms with E-state index in [9.17, 15) is 0 Å². The number of anilines is 1. The van der Waals surface area contributed by atoms with Crippen LogP contribution in [-0.4, -0.2) is 44.0 Å². The van der Waals surface area contributed by atoms with Gasteiger partial charge in [0.05, 0.1) is 0 Å². The summed E-state index contributed by atoms with van der Waals surface area (Å²) in [6.45, 7) is 1.34. The van der Waals surface area contributed by atoms with Crippen LogP contribution in [0.3, 0.4) is 0 Å². The zero-order valence-corrected chi connectivity index (χ0v) is 15.4. The fourth-order valence-electron chi connectivity index (χ4n) is 2.49. The molecule has 0 amide bonds. The molecule has 0 bridgehead atoms. The van der Waals surface area contributed by atoms with E-state index < -0.39 is 0 Å². The summed E-state index contributed by atoms with van der Waals surface area (Å²) < 4.78 is 0. The number of benzene rings is 1. The zero-order chi connectivity index (χ0) is 17.5. The molecule has 0 atom stereocenters. The van der Waals surface area contributed by atoms with E-state index in [1.807, 2.05) is 61.3 Å². The number of guanidine groups is 1. The summed E-state index contributed by atoms with van der Waals surface area (Å²) in [5.74, 6) is 1.76. The smallest absolute Gasteiger partial charge is 0.193 e. The Labute approximate surface area is 149 Å². The van der Waals surface area contributed by atoms with Crippen LogP contribution in [0.4, 0.5) is 5.82 Å². The molecule has 6 heteroatoms. The molecular weight excluding hydrogens is 322 g/mol. The lowest BCUT2D eigenvalue weighted by Crippen LogP contribution is -2.38. The molecule has 0 spiro atoms. The first-order valence-corrected chi connectivity index (χ1v) is 8.17. The fraction of sp³-hybridized carbons (Fsp3) is 0.333. The van der Waals surface area contributed by atoms with Crippen LogP contribution < -0.4 is 10.2 Å². The normalized spacial score (nSPS) is 11.3. The van der Waals surface area contributed by atoms with E-state index in [-0.39, 0.29) is 0 Å². The minimum Gasteiger partial charge on any atom is -0.362 e. The quantitative estimate of drug-likeness (QED) is 0.668. The number of rotatable bonds is 5. The number of aromatic nitrogens is 1. The molecule has 0 aliphatic carbocycles. The highest BCUT2D eigenvalue weighted by Gasteiger charge is 2.10. The van der Waals surface area contributed by atoms with Gasteiger partial charge in [0.1, 0.15) is 5.82 Å². The number of hydrogen-bond acceptors (Lipinski definition) is 3. The van der Waals surface area contributed by atoms with Crippen molar-refractivity contribution in [2.45, 2.75) is 13.1 Å². The predicted molar refractivity (Wildman–Crippen MR) is 102 cm³/mol. The molecule has 0 radical (unpaired) electrons. The Morgan fingerprint density at radius 2 is 1.83 bits per heavy atom. The zero-order valence-electron chi connectivity index (χ0n) is 14.6. The monoisotopic (exact) mass is 345 g/mol. The standard InChI is InChI=1S/C18H24ClN5/c1-20-18(24(4)13-15-8-5-6-10-16(15)19)22-12-14-9-7-11-21-17(14)23(2)3/h5-11H,12-13H2,1-4H3,(H,20,22). The van der Waals surface area contributed by atoms with E-state index in [2.05, 4.69) is 21.4 Å². The summed E-state index contributed by atoms with van der Waals surface area (Å²) in [5, 5.41) is 4.15. The number of nitrogens with one attached hydrogen (secondary N) is 1. The third-order valence-corrected chi connectivity index (χ3v) is 4.04. The Kier molecular flexibility index (Phi) is 6.44.